The first-order valence-corrected chi connectivity index (χ1v) is 9.44. The molecule has 0 radical (unpaired) electrons. The number of nitrogens with zero attached hydrogens (tertiary/aromatic N) is 2. The molecule has 0 saturated heterocycles. The van der Waals surface area contributed by atoms with Crippen molar-refractivity contribution in [1.29, 1.82) is 0 Å². The molecular weight excluding hydrogens is 350 g/mol. The molecule has 0 bridgehead atoms. The number of nitrogens with one attached hydrogen (secondary N) is 1. The molecule has 3 aromatic carbocycles. The van der Waals surface area contributed by atoms with E-state index < -0.39 is 0 Å². The second-order valence-corrected chi connectivity index (χ2v) is 6.66. The van der Waals surface area contributed by atoms with Gasteiger partial charge < -0.3 is 4.90 Å². The van der Waals surface area contributed by atoms with Crippen molar-refractivity contribution in [3.05, 3.63) is 77.4 Å². The Morgan fingerprint density at radius 3 is 2.21 bits per heavy atom. The highest BCUT2D eigenvalue weighted by Crippen LogP contribution is 2.30. The predicted molar refractivity (Wildman–Crippen MR) is 112 cm³/mol. The molecular formula is C23H21N3O2. The number of ketones is 1. The summed E-state index contributed by atoms with van der Waals surface area (Å²) in [5.74, 6) is -0.501. The van der Waals surface area contributed by atoms with Crippen molar-refractivity contribution >= 4 is 33.9 Å². The fourth-order valence-corrected chi connectivity index (χ4v) is 3.67. The van der Waals surface area contributed by atoms with Crippen LogP contribution in [-0.2, 0) is 0 Å². The van der Waals surface area contributed by atoms with Crippen LogP contribution in [0.3, 0.4) is 0 Å². The summed E-state index contributed by atoms with van der Waals surface area (Å²) in [4.78, 5) is 27.4. The fraction of sp³-hybridized carbons (Fsp3) is 0.174. The second-order valence-electron chi connectivity index (χ2n) is 6.66. The van der Waals surface area contributed by atoms with Gasteiger partial charge in [0.15, 0.2) is 0 Å². The quantitative estimate of drug-likeness (QED) is 0.689. The van der Waals surface area contributed by atoms with Gasteiger partial charge in [-0.1, -0.05) is 36.4 Å². The summed E-state index contributed by atoms with van der Waals surface area (Å²) in [7, 11) is 0. The first-order chi connectivity index (χ1) is 13.6. The van der Waals surface area contributed by atoms with Gasteiger partial charge in [0.25, 0.3) is 5.91 Å². The summed E-state index contributed by atoms with van der Waals surface area (Å²) in [5.41, 5.74) is 5.78. The molecule has 140 valence electrons. The van der Waals surface area contributed by atoms with E-state index in [1.54, 1.807) is 18.2 Å². The van der Waals surface area contributed by atoms with E-state index in [1.165, 1.54) is 0 Å². The van der Waals surface area contributed by atoms with Crippen molar-refractivity contribution < 1.29 is 9.59 Å². The van der Waals surface area contributed by atoms with Crippen LogP contribution in [0.2, 0.25) is 0 Å². The zero-order valence-electron chi connectivity index (χ0n) is 15.9. The minimum absolute atomic E-state index is 0.163. The third kappa shape index (κ3) is 2.95. The van der Waals surface area contributed by atoms with E-state index >= 15 is 0 Å². The lowest BCUT2D eigenvalue weighted by molar-refractivity contribution is 0.0955. The summed E-state index contributed by atoms with van der Waals surface area (Å²) >= 11 is 0. The first kappa shape index (κ1) is 17.9. The number of amides is 1. The molecule has 0 fully saturated rings. The summed E-state index contributed by atoms with van der Waals surface area (Å²) in [5, 5.41) is 6.05. The van der Waals surface area contributed by atoms with E-state index in [4.69, 9.17) is 0 Å². The fourth-order valence-electron chi connectivity index (χ4n) is 3.67. The van der Waals surface area contributed by atoms with Crippen molar-refractivity contribution in [3.8, 4) is 0 Å². The average molecular weight is 371 g/mol. The monoisotopic (exact) mass is 371 g/mol. The third-order valence-electron chi connectivity index (χ3n) is 5.15. The Labute approximate surface area is 163 Å². The lowest BCUT2D eigenvalue weighted by Gasteiger charge is -2.20. The van der Waals surface area contributed by atoms with Crippen LogP contribution in [0.4, 0.5) is 5.69 Å². The number of hydrogen-bond acceptors (Lipinski definition) is 4. The molecule has 1 amide bonds. The highest BCUT2D eigenvalue weighted by molar-refractivity contribution is 6.59. The summed E-state index contributed by atoms with van der Waals surface area (Å²) in [6.45, 7) is 6.00. The maximum atomic E-state index is 12.7. The zero-order valence-corrected chi connectivity index (χ0v) is 15.9. The number of benzene rings is 3. The van der Waals surface area contributed by atoms with Crippen LogP contribution < -0.4 is 10.3 Å². The van der Waals surface area contributed by atoms with Crippen LogP contribution >= 0.6 is 0 Å². The number of carbonyl (C=O) groups excluding carboxylic acids is 2. The van der Waals surface area contributed by atoms with Crippen molar-refractivity contribution in [2.24, 2.45) is 5.10 Å². The van der Waals surface area contributed by atoms with Gasteiger partial charge in [0.05, 0.1) is 0 Å². The Balaban J connectivity index is 1.58. The Kier molecular flexibility index (Phi) is 4.65. The minimum atomic E-state index is -0.338. The number of anilines is 1. The van der Waals surface area contributed by atoms with Crippen molar-refractivity contribution in [1.82, 2.24) is 5.43 Å². The molecule has 1 aliphatic rings. The van der Waals surface area contributed by atoms with Crippen LogP contribution in [0.15, 0.2) is 65.8 Å². The molecule has 1 aliphatic carbocycles. The van der Waals surface area contributed by atoms with Crippen molar-refractivity contribution in [2.75, 3.05) is 18.0 Å². The Morgan fingerprint density at radius 1 is 0.929 bits per heavy atom. The highest BCUT2D eigenvalue weighted by Gasteiger charge is 2.28. The standard InChI is InChI=1S/C23H21N3O2/c1-3-26(4-2)17-13-11-16(12-14-17)23(28)25-24-21-18-9-5-7-15-8-6-10-19(20(15)18)22(21)27/h5-14H,3-4H2,1-2H3,(H,25,28). The maximum Gasteiger partial charge on any atom is 0.271 e. The van der Waals surface area contributed by atoms with Gasteiger partial charge in [-0.3, -0.25) is 9.59 Å². The van der Waals surface area contributed by atoms with E-state index in [1.807, 2.05) is 42.5 Å². The number of rotatable bonds is 5. The Hall–Kier alpha value is -3.47. The first-order valence-electron chi connectivity index (χ1n) is 9.44. The molecule has 0 heterocycles. The smallest absolute Gasteiger partial charge is 0.271 e. The molecule has 0 unspecified atom stereocenters. The van der Waals surface area contributed by atoms with Gasteiger partial charge in [-0.2, -0.15) is 5.10 Å². The number of carbonyl (C=O) groups is 2. The van der Waals surface area contributed by atoms with Crippen LogP contribution in [-0.4, -0.2) is 30.5 Å². The van der Waals surface area contributed by atoms with Crippen molar-refractivity contribution in [2.45, 2.75) is 13.8 Å². The minimum Gasteiger partial charge on any atom is -0.372 e. The number of hydrogen-bond donors (Lipinski definition) is 1. The molecule has 1 N–H and O–H groups in total. The SMILES string of the molecule is CCN(CC)c1ccc(C(=O)NN=C2C(=O)c3cccc4cccc2c34)cc1. The van der Waals surface area contributed by atoms with E-state index in [0.29, 0.717) is 11.1 Å². The van der Waals surface area contributed by atoms with Gasteiger partial charge in [-0.05, 0) is 43.5 Å². The molecule has 5 heteroatoms. The van der Waals surface area contributed by atoms with Gasteiger partial charge in [0.2, 0.25) is 5.78 Å². The Morgan fingerprint density at radius 2 is 1.57 bits per heavy atom. The molecule has 0 spiro atoms. The Bertz CT molecular complexity index is 1090. The largest absolute Gasteiger partial charge is 0.372 e. The molecule has 28 heavy (non-hydrogen) atoms. The van der Waals surface area contributed by atoms with Crippen molar-refractivity contribution in [3.63, 3.8) is 0 Å². The highest BCUT2D eigenvalue weighted by atomic mass is 16.2. The number of hydrazone groups is 1. The maximum absolute atomic E-state index is 12.7. The third-order valence-corrected chi connectivity index (χ3v) is 5.15. The molecule has 4 rings (SSSR count). The normalized spacial score (nSPS) is 13.9. The van der Waals surface area contributed by atoms with Crippen LogP contribution in [0.5, 0.6) is 0 Å². The van der Waals surface area contributed by atoms with Crippen LogP contribution in [0, 0.1) is 0 Å². The van der Waals surface area contributed by atoms with Gasteiger partial charge in [0, 0.05) is 40.9 Å². The van der Waals surface area contributed by atoms with E-state index in [0.717, 1.165) is 35.1 Å². The molecule has 0 atom stereocenters. The second kappa shape index (κ2) is 7.27. The molecule has 0 aliphatic heterocycles. The molecule has 0 aromatic heterocycles. The van der Waals surface area contributed by atoms with Gasteiger partial charge in [-0.25, -0.2) is 5.43 Å². The zero-order chi connectivity index (χ0) is 19.7. The summed E-state index contributed by atoms with van der Waals surface area (Å²) < 4.78 is 0. The van der Waals surface area contributed by atoms with Gasteiger partial charge in [0.1, 0.15) is 5.71 Å². The van der Waals surface area contributed by atoms with E-state index in [9.17, 15) is 9.59 Å². The topological polar surface area (TPSA) is 61.8 Å². The summed E-state index contributed by atoms with van der Waals surface area (Å²) in [6, 6.07) is 18.7. The molecule has 0 saturated carbocycles. The summed E-state index contributed by atoms with van der Waals surface area (Å²) in [6.07, 6.45) is 0. The van der Waals surface area contributed by atoms with Gasteiger partial charge >= 0.3 is 0 Å². The average Bonchev–Trinajstić information content (AvgIpc) is 3.01. The van der Waals surface area contributed by atoms with Crippen LogP contribution in [0.1, 0.15) is 40.1 Å². The van der Waals surface area contributed by atoms with Crippen LogP contribution in [0.25, 0.3) is 10.8 Å². The number of Topliss-reactive ketones (excluding diaryl/α,β-unsaturated/α-hetero) is 1. The lowest BCUT2D eigenvalue weighted by Crippen LogP contribution is -2.23. The van der Waals surface area contributed by atoms with E-state index in [-0.39, 0.29) is 17.4 Å². The predicted octanol–water partition coefficient (Wildman–Crippen LogP) is 4.02. The lowest BCUT2D eigenvalue weighted by atomic mass is 10.1. The molecule has 5 nitrogen and oxygen atoms in total. The van der Waals surface area contributed by atoms with E-state index in [2.05, 4.69) is 29.3 Å². The molecule has 3 aromatic rings. The van der Waals surface area contributed by atoms with Gasteiger partial charge in [-0.15, -0.1) is 0 Å².